The zero-order chi connectivity index (χ0) is 24.5. The topological polar surface area (TPSA) is 105 Å². The highest BCUT2D eigenvalue weighted by atomic mass is 16.5. The molecule has 0 spiro atoms. The van der Waals surface area contributed by atoms with E-state index < -0.39 is 24.0 Å². The number of benzene rings is 2. The molecule has 2 N–H and O–H groups in total. The van der Waals surface area contributed by atoms with Crippen molar-refractivity contribution in [2.75, 3.05) is 19.8 Å². The van der Waals surface area contributed by atoms with Crippen molar-refractivity contribution in [2.24, 2.45) is 5.92 Å². The van der Waals surface area contributed by atoms with Crippen molar-refractivity contribution >= 4 is 18.0 Å². The molecule has 5 rings (SSSR count). The largest absolute Gasteiger partial charge is 0.480 e. The zero-order valence-electron chi connectivity index (χ0n) is 19.7. The number of fused-ring (bicyclic) bond motifs is 4. The second-order valence-electron chi connectivity index (χ2n) is 9.54. The van der Waals surface area contributed by atoms with Crippen LogP contribution in [-0.2, 0) is 19.1 Å². The van der Waals surface area contributed by atoms with Gasteiger partial charge in [-0.15, -0.1) is 0 Å². The Bertz CT molecular complexity index is 1090. The van der Waals surface area contributed by atoms with Gasteiger partial charge in [0.25, 0.3) is 0 Å². The van der Waals surface area contributed by atoms with Crippen molar-refractivity contribution in [3.05, 3.63) is 59.7 Å². The lowest BCUT2D eigenvalue weighted by molar-refractivity contribution is -0.151. The Labute approximate surface area is 204 Å². The Morgan fingerprint density at radius 1 is 1.11 bits per heavy atom. The van der Waals surface area contributed by atoms with E-state index in [-0.39, 0.29) is 37.1 Å². The van der Waals surface area contributed by atoms with E-state index in [0.29, 0.717) is 25.9 Å². The summed E-state index contributed by atoms with van der Waals surface area (Å²) in [4.78, 5) is 38.7. The molecule has 2 saturated heterocycles. The van der Waals surface area contributed by atoms with Crippen LogP contribution in [0.15, 0.2) is 48.5 Å². The molecule has 2 heterocycles. The molecule has 35 heavy (non-hydrogen) atoms. The number of carboxylic acids is 1. The lowest BCUT2D eigenvalue weighted by Gasteiger charge is -2.29. The number of rotatable bonds is 7. The van der Waals surface area contributed by atoms with E-state index in [1.165, 1.54) is 16.0 Å². The maximum Gasteiger partial charge on any atom is 0.407 e. The summed E-state index contributed by atoms with van der Waals surface area (Å²) in [6.07, 6.45) is 0.650. The predicted octanol–water partition coefficient (Wildman–Crippen LogP) is 3.39. The molecular formula is C27H30N2O6. The van der Waals surface area contributed by atoms with Crippen LogP contribution in [0, 0.1) is 5.92 Å². The quantitative estimate of drug-likeness (QED) is 0.632. The molecule has 3 aliphatic rings. The minimum Gasteiger partial charge on any atom is -0.480 e. The summed E-state index contributed by atoms with van der Waals surface area (Å²) in [5.41, 5.74) is 4.63. The Kier molecular flexibility index (Phi) is 6.47. The van der Waals surface area contributed by atoms with Gasteiger partial charge in [0.2, 0.25) is 5.91 Å². The van der Waals surface area contributed by atoms with Crippen molar-refractivity contribution < 1.29 is 29.0 Å². The van der Waals surface area contributed by atoms with Crippen LogP contribution in [0.25, 0.3) is 11.1 Å². The number of nitrogens with one attached hydrogen (secondary N) is 1. The lowest BCUT2D eigenvalue weighted by atomic mass is 9.98. The number of ether oxygens (including phenoxy) is 2. The third-order valence-corrected chi connectivity index (χ3v) is 7.47. The molecule has 4 atom stereocenters. The van der Waals surface area contributed by atoms with Crippen LogP contribution in [0.1, 0.15) is 43.2 Å². The van der Waals surface area contributed by atoms with Crippen molar-refractivity contribution in [3.8, 4) is 11.1 Å². The molecule has 8 nitrogen and oxygen atoms in total. The number of nitrogens with zero attached hydrogens (tertiary/aromatic N) is 1. The summed E-state index contributed by atoms with van der Waals surface area (Å²) < 4.78 is 11.2. The molecule has 0 radical (unpaired) electrons. The van der Waals surface area contributed by atoms with Crippen molar-refractivity contribution in [1.82, 2.24) is 10.2 Å². The van der Waals surface area contributed by atoms with Gasteiger partial charge >= 0.3 is 12.1 Å². The maximum absolute atomic E-state index is 13.1. The molecule has 2 amide bonds. The number of alkyl carbamates (subject to hydrolysis) is 1. The highest BCUT2D eigenvalue weighted by Crippen LogP contribution is 2.44. The molecule has 0 bridgehead atoms. The number of carboxylic acid groups (broad SMARTS) is 1. The smallest absolute Gasteiger partial charge is 0.407 e. The molecule has 0 saturated carbocycles. The number of amides is 2. The van der Waals surface area contributed by atoms with Gasteiger partial charge in [0, 0.05) is 31.4 Å². The summed E-state index contributed by atoms with van der Waals surface area (Å²) in [6.45, 7) is 2.80. The Balaban J connectivity index is 1.13. The van der Waals surface area contributed by atoms with Crippen LogP contribution in [0.2, 0.25) is 0 Å². The van der Waals surface area contributed by atoms with Crippen molar-refractivity contribution in [1.29, 1.82) is 0 Å². The first-order valence-corrected chi connectivity index (χ1v) is 12.2. The minimum absolute atomic E-state index is 0.0154. The van der Waals surface area contributed by atoms with Gasteiger partial charge in [-0.3, -0.25) is 4.79 Å². The van der Waals surface area contributed by atoms with Gasteiger partial charge < -0.3 is 24.8 Å². The number of carbonyl (C=O) groups excluding carboxylic acids is 2. The van der Waals surface area contributed by atoms with E-state index in [2.05, 4.69) is 29.6 Å². The fourth-order valence-electron chi connectivity index (χ4n) is 5.70. The highest BCUT2D eigenvalue weighted by molar-refractivity contribution is 5.86. The maximum atomic E-state index is 13.1. The van der Waals surface area contributed by atoms with Crippen LogP contribution in [0.5, 0.6) is 0 Å². The molecular weight excluding hydrogens is 448 g/mol. The van der Waals surface area contributed by atoms with Crippen molar-refractivity contribution in [2.45, 2.75) is 50.3 Å². The van der Waals surface area contributed by atoms with Crippen LogP contribution >= 0.6 is 0 Å². The minimum atomic E-state index is -1.000. The first-order chi connectivity index (χ1) is 17.0. The fraction of sp³-hybridized carbons (Fsp3) is 0.444. The van der Waals surface area contributed by atoms with E-state index in [1.54, 1.807) is 6.92 Å². The second-order valence-corrected chi connectivity index (χ2v) is 9.54. The normalized spacial score (nSPS) is 23.3. The van der Waals surface area contributed by atoms with Gasteiger partial charge in [0.1, 0.15) is 12.6 Å². The molecule has 8 heteroatoms. The van der Waals surface area contributed by atoms with Crippen LogP contribution in [0.3, 0.4) is 0 Å². The Morgan fingerprint density at radius 2 is 1.77 bits per heavy atom. The SMILES string of the molecule is CC(CCNC(=O)OCC1c2ccccc2-c2ccccc21)C(=O)N1C(C(=O)O)C[C@@H]2OCC[C@@H]21. The van der Waals surface area contributed by atoms with Crippen LogP contribution in [0.4, 0.5) is 4.79 Å². The average molecular weight is 479 g/mol. The number of hydrogen-bond donors (Lipinski definition) is 2. The van der Waals surface area contributed by atoms with E-state index in [1.807, 2.05) is 24.3 Å². The third kappa shape index (κ3) is 4.38. The Hall–Kier alpha value is -3.39. The van der Waals surface area contributed by atoms with Gasteiger partial charge in [0.05, 0.1) is 12.1 Å². The van der Waals surface area contributed by atoms with Gasteiger partial charge in [-0.25, -0.2) is 9.59 Å². The van der Waals surface area contributed by atoms with Gasteiger partial charge in [-0.05, 0) is 35.1 Å². The molecule has 2 fully saturated rings. The van der Waals surface area contributed by atoms with Crippen molar-refractivity contribution in [3.63, 3.8) is 0 Å². The summed E-state index contributed by atoms with van der Waals surface area (Å²) in [6, 6.07) is 15.3. The first-order valence-electron chi connectivity index (χ1n) is 12.2. The standard InChI is InChI=1S/C27H30N2O6/c1-16(25(30)29-22-11-13-34-24(22)14-23(29)26(31)32)10-12-28-27(33)35-15-21-19-8-4-2-6-17(19)18-7-3-5-9-20(18)21/h2-9,16,21-24H,10-15H2,1H3,(H,28,33)(H,31,32)/t16?,22-,23?,24-/m0/s1. The zero-order valence-corrected chi connectivity index (χ0v) is 19.7. The summed E-state index contributed by atoms with van der Waals surface area (Å²) in [5, 5.41) is 12.3. The third-order valence-electron chi connectivity index (χ3n) is 7.47. The number of aliphatic carboxylic acids is 1. The highest BCUT2D eigenvalue weighted by Gasteiger charge is 2.50. The van der Waals surface area contributed by atoms with E-state index in [4.69, 9.17) is 9.47 Å². The average Bonchev–Trinajstić information content (AvgIpc) is 3.54. The van der Waals surface area contributed by atoms with Crippen LogP contribution in [-0.4, -0.2) is 65.9 Å². The molecule has 184 valence electrons. The summed E-state index contributed by atoms with van der Waals surface area (Å²) in [7, 11) is 0. The number of likely N-dealkylation sites (tertiary alicyclic amines) is 1. The molecule has 2 unspecified atom stereocenters. The number of carbonyl (C=O) groups is 3. The van der Waals surface area contributed by atoms with Gasteiger partial charge in [-0.2, -0.15) is 0 Å². The molecule has 1 aliphatic carbocycles. The molecule has 0 aromatic heterocycles. The molecule has 2 aromatic rings. The molecule has 2 aromatic carbocycles. The first kappa shape index (κ1) is 23.4. The fourth-order valence-corrected chi connectivity index (χ4v) is 5.70. The summed E-state index contributed by atoms with van der Waals surface area (Å²) in [5.74, 6) is -1.64. The lowest BCUT2D eigenvalue weighted by Crippen LogP contribution is -2.48. The van der Waals surface area contributed by atoms with Gasteiger partial charge in [0.15, 0.2) is 0 Å². The Morgan fingerprint density at radius 3 is 2.43 bits per heavy atom. The second kappa shape index (κ2) is 9.70. The van der Waals surface area contributed by atoms with Crippen LogP contribution < -0.4 is 5.32 Å². The monoisotopic (exact) mass is 478 g/mol. The summed E-state index contributed by atoms with van der Waals surface area (Å²) >= 11 is 0. The van der Waals surface area contributed by atoms with E-state index in [0.717, 1.165) is 11.1 Å². The molecule has 2 aliphatic heterocycles. The van der Waals surface area contributed by atoms with Gasteiger partial charge in [-0.1, -0.05) is 55.5 Å². The number of hydrogen-bond acceptors (Lipinski definition) is 5. The van der Waals surface area contributed by atoms with E-state index in [9.17, 15) is 19.5 Å². The van der Waals surface area contributed by atoms with E-state index >= 15 is 0 Å². The predicted molar refractivity (Wildman–Crippen MR) is 128 cm³/mol.